The van der Waals surface area contributed by atoms with E-state index >= 15 is 0 Å². The van der Waals surface area contributed by atoms with Gasteiger partial charge < -0.3 is 35.1 Å². The molecule has 0 aromatic heterocycles. The molecule has 14 heteroatoms. The predicted octanol–water partition coefficient (Wildman–Crippen LogP) is -0.954. The number of hydrogen-bond donors (Lipinski definition) is 4. The molecule has 0 saturated heterocycles. The number of benzene rings is 1. The van der Waals surface area contributed by atoms with Gasteiger partial charge in [-0.3, -0.25) is 33.8 Å². The Bertz CT molecular complexity index is 1020. The summed E-state index contributed by atoms with van der Waals surface area (Å²) in [6, 6.07) is 8.92. The minimum atomic E-state index is -1.17. The Morgan fingerprint density at radius 3 is 1.54 bits per heavy atom. The van der Waals surface area contributed by atoms with E-state index in [9.17, 15) is 44.4 Å². The Labute approximate surface area is 225 Å². The summed E-state index contributed by atoms with van der Waals surface area (Å²) >= 11 is 0. The lowest BCUT2D eigenvalue weighted by molar-refractivity contribution is -0.145. The highest BCUT2D eigenvalue weighted by atomic mass is 16.4. The van der Waals surface area contributed by atoms with Crippen LogP contribution in [0.5, 0.6) is 0 Å². The molecule has 1 aliphatic heterocycles. The average molecular weight is 550 g/mol. The van der Waals surface area contributed by atoms with E-state index in [1.807, 2.05) is 0 Å². The Kier molecular flexibility index (Phi) is 12.7. The predicted molar refractivity (Wildman–Crippen MR) is 138 cm³/mol. The smallest absolute Gasteiger partial charge is 0.323 e. The Balaban J connectivity index is 2.27. The molecule has 1 aromatic rings. The molecule has 0 fully saturated rings. The topological polar surface area (TPSA) is 182 Å². The second kappa shape index (κ2) is 15.9. The molecule has 1 heterocycles. The molecule has 39 heavy (non-hydrogen) atoms. The van der Waals surface area contributed by atoms with Crippen LogP contribution in [0.3, 0.4) is 0 Å². The molecule has 0 saturated carbocycles. The summed E-state index contributed by atoms with van der Waals surface area (Å²) in [6.07, 6.45) is 3.01. The Hall–Kier alpha value is -4.17. The van der Waals surface area contributed by atoms with Crippen LogP contribution in [0.15, 0.2) is 42.7 Å². The van der Waals surface area contributed by atoms with Crippen LogP contribution in [0, 0.1) is 0 Å². The number of carbonyl (C=O) groups is 5. The lowest BCUT2D eigenvalue weighted by Crippen LogP contribution is -2.46. The van der Waals surface area contributed by atoms with Crippen molar-refractivity contribution in [3.63, 3.8) is 0 Å². The third kappa shape index (κ3) is 12.8. The third-order valence-corrected chi connectivity index (χ3v) is 5.92. The van der Waals surface area contributed by atoms with Crippen LogP contribution in [0.4, 0.5) is 0 Å². The number of carboxylic acid groups (broad SMARTS) is 4. The summed E-state index contributed by atoms with van der Waals surface area (Å²) in [6.45, 7) is -0.321. The highest BCUT2D eigenvalue weighted by Crippen LogP contribution is 2.08. The number of rotatable bonds is 12. The number of amides is 1. The summed E-state index contributed by atoms with van der Waals surface area (Å²) < 4.78 is 0. The third-order valence-electron chi connectivity index (χ3n) is 5.92. The van der Waals surface area contributed by atoms with Crippen LogP contribution in [-0.4, -0.2) is 147 Å². The Morgan fingerprint density at radius 2 is 1.08 bits per heavy atom. The number of carboxylic acids is 4. The van der Waals surface area contributed by atoms with Gasteiger partial charge in [0.2, 0.25) is 5.91 Å². The van der Waals surface area contributed by atoms with Gasteiger partial charge in [-0.2, -0.15) is 0 Å². The van der Waals surface area contributed by atoms with E-state index in [1.54, 1.807) is 45.0 Å². The molecule has 0 radical (unpaired) electrons. The first kappa shape index (κ1) is 31.1. The first-order valence-corrected chi connectivity index (χ1v) is 12.3. The van der Waals surface area contributed by atoms with Crippen molar-refractivity contribution in [2.45, 2.75) is 6.54 Å². The van der Waals surface area contributed by atoms with Gasteiger partial charge in [0, 0.05) is 58.2 Å². The maximum atomic E-state index is 13.2. The van der Waals surface area contributed by atoms with E-state index in [4.69, 9.17) is 0 Å². The summed E-state index contributed by atoms with van der Waals surface area (Å²) in [5, 5.41) is 37.2. The maximum absolute atomic E-state index is 13.2. The zero-order valence-corrected chi connectivity index (χ0v) is 21.6. The summed E-state index contributed by atoms with van der Waals surface area (Å²) in [4.78, 5) is 66.3. The molecule has 14 nitrogen and oxygen atoms in total. The van der Waals surface area contributed by atoms with Crippen LogP contribution in [0.1, 0.15) is 5.56 Å². The van der Waals surface area contributed by atoms with Gasteiger partial charge >= 0.3 is 23.9 Å². The largest absolute Gasteiger partial charge is 0.480 e. The van der Waals surface area contributed by atoms with Crippen LogP contribution >= 0.6 is 0 Å². The van der Waals surface area contributed by atoms with Gasteiger partial charge in [-0.15, -0.1) is 0 Å². The van der Waals surface area contributed by atoms with Gasteiger partial charge in [0.1, 0.15) is 13.1 Å². The van der Waals surface area contributed by atoms with E-state index in [0.717, 1.165) is 5.56 Å². The van der Waals surface area contributed by atoms with Gasteiger partial charge in [0.15, 0.2) is 0 Å². The molecular formula is C25H35N5O9. The molecule has 1 amide bonds. The fourth-order valence-electron chi connectivity index (χ4n) is 3.99. The van der Waals surface area contributed by atoms with Crippen LogP contribution < -0.4 is 0 Å². The molecule has 0 atom stereocenters. The van der Waals surface area contributed by atoms with Gasteiger partial charge in [0.25, 0.3) is 0 Å². The second-order valence-corrected chi connectivity index (χ2v) is 9.10. The van der Waals surface area contributed by atoms with Crippen LogP contribution in [0.2, 0.25) is 0 Å². The van der Waals surface area contributed by atoms with Crippen molar-refractivity contribution in [3.8, 4) is 0 Å². The highest BCUT2D eigenvalue weighted by molar-refractivity contribution is 5.82. The van der Waals surface area contributed by atoms with Gasteiger partial charge in [-0.1, -0.05) is 30.3 Å². The van der Waals surface area contributed by atoms with Gasteiger partial charge in [-0.05, 0) is 5.56 Å². The second-order valence-electron chi connectivity index (χ2n) is 9.10. The standard InChI is InChI=1S/C25H35N5O9/c31-21(30(19-25(38)39)14-20-4-2-1-3-5-20)15-26-6-8-27(16-22(32)33)10-12-29(18-24(36)37)13-11-28(9-7-26)17-23(34)35/h1-6,8H,7,9-19H2,(H,32,33)(H,34,35)(H,36,37)(H,38,39)/b8-6-. The molecule has 2 rings (SSSR count). The molecule has 0 bridgehead atoms. The quantitative estimate of drug-likeness (QED) is 0.250. The zero-order chi connectivity index (χ0) is 28.8. The summed E-state index contributed by atoms with van der Waals surface area (Å²) in [5.74, 6) is -4.86. The van der Waals surface area contributed by atoms with E-state index in [-0.39, 0.29) is 72.0 Å². The minimum absolute atomic E-state index is 0.0826. The van der Waals surface area contributed by atoms with Crippen molar-refractivity contribution in [1.29, 1.82) is 0 Å². The summed E-state index contributed by atoms with van der Waals surface area (Å²) in [5.41, 5.74) is 0.752. The number of aliphatic carboxylic acids is 4. The number of nitrogens with zero attached hydrogens (tertiary/aromatic N) is 5. The van der Waals surface area contributed by atoms with Crippen molar-refractivity contribution in [2.24, 2.45) is 0 Å². The van der Waals surface area contributed by atoms with Crippen LogP contribution in [-0.2, 0) is 30.5 Å². The monoisotopic (exact) mass is 549 g/mol. The average Bonchev–Trinajstić information content (AvgIpc) is 2.84. The summed E-state index contributed by atoms with van der Waals surface area (Å²) in [7, 11) is 0. The van der Waals surface area contributed by atoms with E-state index in [0.29, 0.717) is 0 Å². The maximum Gasteiger partial charge on any atom is 0.323 e. The van der Waals surface area contributed by atoms with E-state index in [1.165, 1.54) is 22.2 Å². The van der Waals surface area contributed by atoms with Crippen molar-refractivity contribution >= 4 is 29.8 Å². The van der Waals surface area contributed by atoms with E-state index in [2.05, 4.69) is 0 Å². The van der Waals surface area contributed by atoms with Crippen molar-refractivity contribution in [2.75, 3.05) is 72.0 Å². The zero-order valence-electron chi connectivity index (χ0n) is 21.6. The number of carbonyl (C=O) groups excluding carboxylic acids is 1. The fraction of sp³-hybridized carbons (Fsp3) is 0.480. The molecule has 0 spiro atoms. The molecule has 1 aromatic carbocycles. The van der Waals surface area contributed by atoms with Crippen molar-refractivity contribution in [1.82, 2.24) is 24.5 Å². The Morgan fingerprint density at radius 1 is 0.615 bits per heavy atom. The molecule has 0 unspecified atom stereocenters. The van der Waals surface area contributed by atoms with Gasteiger partial charge in [0.05, 0.1) is 19.6 Å². The fourth-order valence-corrected chi connectivity index (χ4v) is 3.99. The molecule has 4 N–H and O–H groups in total. The van der Waals surface area contributed by atoms with Crippen LogP contribution in [0.25, 0.3) is 0 Å². The van der Waals surface area contributed by atoms with Crippen molar-refractivity contribution in [3.05, 3.63) is 48.3 Å². The molecule has 214 valence electrons. The van der Waals surface area contributed by atoms with E-state index < -0.39 is 36.3 Å². The molecule has 1 aliphatic rings. The molecular weight excluding hydrogens is 514 g/mol. The first-order chi connectivity index (χ1) is 18.5. The van der Waals surface area contributed by atoms with Crippen molar-refractivity contribution < 1.29 is 44.4 Å². The highest BCUT2D eigenvalue weighted by Gasteiger charge is 2.22. The SMILES string of the molecule is O=C(O)CN1/C=C\N(CC(=O)N(CC(=O)O)Cc2ccccc2)CCN(CC(=O)O)CCN(CC(=O)O)CC1. The lowest BCUT2D eigenvalue weighted by atomic mass is 10.2. The minimum Gasteiger partial charge on any atom is -0.480 e. The number of hydrogen-bond acceptors (Lipinski definition) is 9. The van der Waals surface area contributed by atoms with Gasteiger partial charge in [-0.25, -0.2) is 0 Å². The first-order valence-electron chi connectivity index (χ1n) is 12.3. The molecule has 0 aliphatic carbocycles. The lowest BCUT2D eigenvalue weighted by Gasteiger charge is -2.32. The normalized spacial score (nSPS) is 16.5.